The molecule has 0 saturated heterocycles. The van der Waals surface area contributed by atoms with Gasteiger partial charge >= 0.3 is 5.97 Å². The number of nitrogens with one attached hydrogen (secondary N) is 5. The summed E-state index contributed by atoms with van der Waals surface area (Å²) in [4.78, 5) is 59.9. The fourth-order valence-corrected chi connectivity index (χ4v) is 4.02. The van der Waals surface area contributed by atoms with Crippen molar-refractivity contribution in [3.05, 3.63) is 54.2 Å². The molecule has 14 nitrogen and oxygen atoms in total. The number of carboxylic acid groups (broad SMARTS) is 1. The van der Waals surface area contributed by atoms with Crippen LogP contribution in [0.15, 0.2) is 43.0 Å². The van der Waals surface area contributed by atoms with Gasteiger partial charge in [-0.05, 0) is 31.9 Å². The molecular weight excluding hydrogens is 510 g/mol. The number of aliphatic hydroxyl groups excluding tert-OH is 2. The van der Waals surface area contributed by atoms with E-state index in [1.807, 2.05) is 24.3 Å². The third-order valence-electron chi connectivity index (χ3n) is 6.17. The van der Waals surface area contributed by atoms with Crippen molar-refractivity contribution in [2.24, 2.45) is 5.73 Å². The molecule has 3 amide bonds. The van der Waals surface area contributed by atoms with Crippen molar-refractivity contribution in [1.82, 2.24) is 30.9 Å². The van der Waals surface area contributed by atoms with Crippen molar-refractivity contribution in [2.75, 3.05) is 0 Å². The van der Waals surface area contributed by atoms with E-state index < -0.39 is 60.1 Å². The third kappa shape index (κ3) is 7.63. The summed E-state index contributed by atoms with van der Waals surface area (Å²) < 4.78 is 0. The van der Waals surface area contributed by atoms with Gasteiger partial charge in [0.25, 0.3) is 0 Å². The zero-order valence-corrected chi connectivity index (χ0v) is 21.4. The molecule has 0 aliphatic rings. The molecule has 3 aromatic rings. The number of aliphatic hydroxyl groups is 2. The lowest BCUT2D eigenvalue weighted by Crippen LogP contribution is -2.62. The summed E-state index contributed by atoms with van der Waals surface area (Å²) in [7, 11) is 0. The van der Waals surface area contributed by atoms with Crippen LogP contribution in [0.5, 0.6) is 0 Å². The maximum Gasteiger partial charge on any atom is 0.326 e. The molecule has 0 aliphatic carbocycles. The van der Waals surface area contributed by atoms with Gasteiger partial charge in [-0.3, -0.25) is 14.4 Å². The molecule has 10 N–H and O–H groups in total. The topological polar surface area (TPSA) is 236 Å². The molecule has 1 aromatic carbocycles. The summed E-state index contributed by atoms with van der Waals surface area (Å²) in [5.41, 5.74) is 8.19. The molecule has 0 spiro atoms. The number of aromatic amines is 2. The van der Waals surface area contributed by atoms with E-state index in [-0.39, 0.29) is 12.8 Å². The fourth-order valence-electron chi connectivity index (χ4n) is 4.02. The minimum absolute atomic E-state index is 0.123. The average molecular weight is 544 g/mol. The van der Waals surface area contributed by atoms with Crippen LogP contribution in [-0.4, -0.2) is 90.3 Å². The average Bonchev–Trinajstić information content (AvgIpc) is 3.54. The van der Waals surface area contributed by atoms with Crippen LogP contribution in [0.3, 0.4) is 0 Å². The molecule has 39 heavy (non-hydrogen) atoms. The van der Waals surface area contributed by atoms with Crippen LogP contribution < -0.4 is 21.7 Å². The molecular formula is C25H33N7O7. The van der Waals surface area contributed by atoms with Gasteiger partial charge in [0, 0.05) is 35.4 Å². The summed E-state index contributed by atoms with van der Waals surface area (Å²) in [5, 5.41) is 37.7. The Balaban J connectivity index is 1.65. The number of carbonyl (C=O) groups is 4. The second kappa shape index (κ2) is 13.0. The molecule has 2 heterocycles. The lowest BCUT2D eigenvalue weighted by molar-refractivity contribution is -0.143. The molecule has 14 heteroatoms. The molecule has 0 bridgehead atoms. The first-order valence-electron chi connectivity index (χ1n) is 12.3. The molecule has 2 aromatic heterocycles. The Morgan fingerprint density at radius 3 is 2.13 bits per heavy atom. The number of nitrogens with two attached hydrogens (primary N) is 1. The summed E-state index contributed by atoms with van der Waals surface area (Å²) in [6.07, 6.45) is 1.68. The van der Waals surface area contributed by atoms with E-state index in [2.05, 4.69) is 30.9 Å². The lowest BCUT2D eigenvalue weighted by Gasteiger charge is -2.27. The second-order valence-corrected chi connectivity index (χ2v) is 9.30. The first kappa shape index (κ1) is 29.3. The number of nitrogens with zero attached hydrogens (tertiary/aromatic N) is 1. The highest BCUT2D eigenvalue weighted by atomic mass is 16.4. The molecule has 6 atom stereocenters. The molecule has 0 saturated carbocycles. The largest absolute Gasteiger partial charge is 0.480 e. The van der Waals surface area contributed by atoms with Crippen LogP contribution in [0.25, 0.3) is 10.9 Å². The maximum absolute atomic E-state index is 13.0. The van der Waals surface area contributed by atoms with E-state index in [1.54, 1.807) is 6.20 Å². The van der Waals surface area contributed by atoms with E-state index in [0.29, 0.717) is 5.69 Å². The van der Waals surface area contributed by atoms with E-state index in [4.69, 9.17) is 5.73 Å². The van der Waals surface area contributed by atoms with Crippen LogP contribution >= 0.6 is 0 Å². The Morgan fingerprint density at radius 2 is 1.54 bits per heavy atom. The SMILES string of the molecule is CC(O)C(NC(=O)C(N)Cc1c[nH]c2ccccc12)C(=O)NC(C(=O)NC(Cc1cnc[nH]1)C(=O)O)C(C)O. The Morgan fingerprint density at radius 1 is 0.923 bits per heavy atom. The summed E-state index contributed by atoms with van der Waals surface area (Å²) in [5.74, 6) is -4.01. The van der Waals surface area contributed by atoms with Crippen LogP contribution in [0, 0.1) is 0 Å². The number of fused-ring (bicyclic) bond motifs is 1. The number of para-hydroxylation sites is 1. The predicted octanol–water partition coefficient (Wildman–Crippen LogP) is -1.70. The summed E-state index contributed by atoms with van der Waals surface area (Å²) in [6.45, 7) is 2.49. The van der Waals surface area contributed by atoms with Gasteiger partial charge in [-0.1, -0.05) is 18.2 Å². The minimum Gasteiger partial charge on any atom is -0.480 e. The number of imidazole rings is 1. The van der Waals surface area contributed by atoms with Crippen LogP contribution in [0.4, 0.5) is 0 Å². The monoisotopic (exact) mass is 543 g/mol. The van der Waals surface area contributed by atoms with Crippen molar-refractivity contribution < 1.29 is 34.5 Å². The lowest BCUT2D eigenvalue weighted by atomic mass is 10.0. The van der Waals surface area contributed by atoms with Crippen LogP contribution in [0.2, 0.25) is 0 Å². The van der Waals surface area contributed by atoms with E-state index >= 15 is 0 Å². The number of carboxylic acids is 1. The number of aliphatic carboxylic acids is 1. The van der Waals surface area contributed by atoms with Gasteiger partial charge in [-0.15, -0.1) is 0 Å². The minimum atomic E-state index is -1.58. The Bertz CT molecular complexity index is 1290. The Kier molecular flexibility index (Phi) is 9.76. The number of H-pyrrole nitrogens is 2. The van der Waals surface area contributed by atoms with E-state index in [9.17, 15) is 34.5 Å². The first-order valence-corrected chi connectivity index (χ1v) is 12.3. The predicted molar refractivity (Wildman–Crippen MR) is 139 cm³/mol. The van der Waals surface area contributed by atoms with Crippen LogP contribution in [0.1, 0.15) is 25.1 Å². The number of carbonyl (C=O) groups excluding carboxylic acids is 3. The summed E-state index contributed by atoms with van der Waals surface area (Å²) in [6, 6.07) is 1.93. The fraction of sp³-hybridized carbons (Fsp3) is 0.400. The Hall–Kier alpha value is -4.27. The van der Waals surface area contributed by atoms with Gasteiger partial charge in [0.2, 0.25) is 17.7 Å². The summed E-state index contributed by atoms with van der Waals surface area (Å²) >= 11 is 0. The molecule has 210 valence electrons. The molecule has 3 rings (SSSR count). The highest BCUT2D eigenvalue weighted by Gasteiger charge is 2.34. The first-order chi connectivity index (χ1) is 18.5. The quantitative estimate of drug-likeness (QED) is 0.119. The second-order valence-electron chi connectivity index (χ2n) is 9.30. The van der Waals surface area contributed by atoms with Crippen molar-refractivity contribution in [3.8, 4) is 0 Å². The number of hydrogen-bond acceptors (Lipinski definition) is 8. The molecule has 6 unspecified atom stereocenters. The number of rotatable bonds is 13. The maximum atomic E-state index is 13.0. The normalized spacial score (nSPS) is 15.9. The van der Waals surface area contributed by atoms with Crippen molar-refractivity contribution in [1.29, 1.82) is 0 Å². The van der Waals surface area contributed by atoms with E-state index in [1.165, 1.54) is 26.4 Å². The van der Waals surface area contributed by atoms with E-state index in [0.717, 1.165) is 16.5 Å². The highest BCUT2D eigenvalue weighted by Crippen LogP contribution is 2.18. The van der Waals surface area contributed by atoms with Crippen molar-refractivity contribution in [3.63, 3.8) is 0 Å². The third-order valence-corrected chi connectivity index (χ3v) is 6.17. The van der Waals surface area contributed by atoms with Crippen LogP contribution in [-0.2, 0) is 32.0 Å². The smallest absolute Gasteiger partial charge is 0.326 e. The van der Waals surface area contributed by atoms with Gasteiger partial charge in [0.15, 0.2) is 0 Å². The zero-order valence-electron chi connectivity index (χ0n) is 21.4. The number of benzene rings is 1. The van der Waals surface area contributed by atoms with Crippen molar-refractivity contribution >= 4 is 34.6 Å². The van der Waals surface area contributed by atoms with Gasteiger partial charge < -0.3 is 47.0 Å². The number of hydrogen-bond donors (Lipinski definition) is 9. The highest BCUT2D eigenvalue weighted by molar-refractivity contribution is 5.95. The van der Waals surface area contributed by atoms with Crippen molar-refractivity contribution in [2.45, 2.75) is 63.1 Å². The molecule has 0 aliphatic heterocycles. The van der Waals surface area contributed by atoms with Gasteiger partial charge in [0.1, 0.15) is 18.1 Å². The zero-order chi connectivity index (χ0) is 28.7. The van der Waals surface area contributed by atoms with Gasteiger partial charge in [-0.2, -0.15) is 0 Å². The van der Waals surface area contributed by atoms with Gasteiger partial charge in [-0.25, -0.2) is 9.78 Å². The standard InChI is InChI=1S/C25H33N7O7/c1-12(33)20(23(36)30-19(25(38)39)8-15-10-27-11-29-15)32-24(37)21(13(2)34)31-22(35)17(26)7-14-9-28-18-6-4-3-5-16(14)18/h3-6,9-13,17,19-21,28,33-34H,7-8,26H2,1-2H3,(H,27,29)(H,30,36)(H,31,35)(H,32,37)(H,38,39). The van der Waals surface area contributed by atoms with Gasteiger partial charge in [0.05, 0.1) is 24.6 Å². The molecule has 0 radical (unpaired) electrons. The number of amides is 3. The molecule has 0 fully saturated rings. The Labute approximate surface area is 223 Å². The number of aromatic nitrogens is 3.